The minimum atomic E-state index is -5.68. The lowest BCUT2D eigenvalue weighted by molar-refractivity contribution is -0.314. The molecule has 8 heteroatoms. The maximum absolute atomic E-state index is 12.4. The number of rotatable bonds is 4. The Balaban J connectivity index is 5.20. The van der Waals surface area contributed by atoms with Gasteiger partial charge in [-0.15, -0.1) is 0 Å². The van der Waals surface area contributed by atoms with Crippen molar-refractivity contribution in [1.82, 2.24) is 0 Å². The molecule has 0 rings (SSSR count). The van der Waals surface area contributed by atoms with Crippen LogP contribution in [-0.2, 0) is 9.53 Å². The van der Waals surface area contributed by atoms with Crippen LogP contribution >= 0.6 is 0 Å². The molecule has 2 nitrogen and oxygen atoms in total. The average molecular weight is 322 g/mol. The third-order valence-electron chi connectivity index (χ3n) is 2.77. The first-order valence-corrected chi connectivity index (χ1v) is 6.39. The molecular weight excluding hydrogens is 302 g/mol. The molecule has 0 bridgehead atoms. The summed E-state index contributed by atoms with van der Waals surface area (Å²) >= 11 is 0. The number of carbonyl (C=O) groups is 1. The Morgan fingerprint density at radius 2 is 1.33 bits per heavy atom. The quantitative estimate of drug-likeness (QED) is 0.552. The van der Waals surface area contributed by atoms with E-state index in [0.717, 1.165) is 0 Å². The van der Waals surface area contributed by atoms with Crippen LogP contribution in [0.4, 0.5) is 26.3 Å². The second-order valence-corrected chi connectivity index (χ2v) is 6.52. The van der Waals surface area contributed by atoms with Crippen molar-refractivity contribution in [2.45, 2.75) is 59.5 Å². The van der Waals surface area contributed by atoms with Crippen molar-refractivity contribution in [1.29, 1.82) is 0 Å². The van der Waals surface area contributed by atoms with Gasteiger partial charge in [0.25, 0.3) is 6.10 Å². The molecule has 0 aromatic carbocycles. The SMILES string of the molecule is CC(C)C(CC(C)(C)C)C(=O)OC(C(F)(F)F)C(F)(F)F. The first kappa shape index (κ1) is 20.1. The Morgan fingerprint density at radius 1 is 0.952 bits per heavy atom. The maximum atomic E-state index is 12.4. The van der Waals surface area contributed by atoms with Crippen LogP contribution in [-0.4, -0.2) is 24.4 Å². The standard InChI is InChI=1S/C13H20F6O2/c1-7(2)8(6-11(3,4)5)9(20)21-10(12(14,15)16)13(17,18)19/h7-8,10H,6H2,1-5H3. The fourth-order valence-electron chi connectivity index (χ4n) is 1.77. The number of hydrogen-bond acceptors (Lipinski definition) is 2. The van der Waals surface area contributed by atoms with E-state index in [1.807, 2.05) is 0 Å². The number of ether oxygens (including phenoxy) is 1. The topological polar surface area (TPSA) is 26.3 Å². The average Bonchev–Trinajstić information content (AvgIpc) is 2.17. The van der Waals surface area contributed by atoms with Crippen molar-refractivity contribution >= 4 is 5.97 Å². The zero-order chi connectivity index (χ0) is 17.2. The van der Waals surface area contributed by atoms with Crippen LogP contribution in [0.2, 0.25) is 0 Å². The molecule has 0 saturated carbocycles. The molecular formula is C13H20F6O2. The second kappa shape index (κ2) is 6.44. The molecule has 0 spiro atoms. The van der Waals surface area contributed by atoms with E-state index in [9.17, 15) is 31.1 Å². The summed E-state index contributed by atoms with van der Waals surface area (Å²) in [5.41, 5.74) is -0.431. The van der Waals surface area contributed by atoms with E-state index in [1.54, 1.807) is 34.6 Å². The summed E-state index contributed by atoms with van der Waals surface area (Å²) in [6.45, 7) is 8.31. The van der Waals surface area contributed by atoms with Crippen molar-refractivity contribution in [3.05, 3.63) is 0 Å². The van der Waals surface area contributed by atoms with E-state index < -0.39 is 41.7 Å². The van der Waals surface area contributed by atoms with E-state index in [4.69, 9.17) is 0 Å². The van der Waals surface area contributed by atoms with Crippen molar-refractivity contribution < 1.29 is 35.9 Å². The summed E-state index contributed by atoms with van der Waals surface area (Å²) < 4.78 is 78.0. The molecule has 0 aromatic heterocycles. The van der Waals surface area contributed by atoms with E-state index in [0.29, 0.717) is 0 Å². The van der Waals surface area contributed by atoms with Crippen molar-refractivity contribution in [3.8, 4) is 0 Å². The Labute approximate surface area is 119 Å². The molecule has 0 amide bonds. The summed E-state index contributed by atoms with van der Waals surface area (Å²) in [7, 11) is 0. The van der Waals surface area contributed by atoms with Crippen LogP contribution in [0.1, 0.15) is 41.0 Å². The molecule has 126 valence electrons. The largest absolute Gasteiger partial charge is 0.443 e. The molecule has 0 N–H and O–H groups in total. The van der Waals surface area contributed by atoms with Crippen LogP contribution < -0.4 is 0 Å². The Morgan fingerprint density at radius 3 is 1.57 bits per heavy atom. The fraction of sp³-hybridized carbons (Fsp3) is 0.923. The van der Waals surface area contributed by atoms with Gasteiger partial charge in [-0.2, -0.15) is 26.3 Å². The van der Waals surface area contributed by atoms with Crippen LogP contribution in [0, 0.1) is 17.3 Å². The smallest absolute Gasteiger partial charge is 0.434 e. The van der Waals surface area contributed by atoms with Gasteiger partial charge < -0.3 is 4.74 Å². The van der Waals surface area contributed by atoms with Gasteiger partial charge in [-0.1, -0.05) is 34.6 Å². The van der Waals surface area contributed by atoms with E-state index >= 15 is 0 Å². The van der Waals surface area contributed by atoms with Gasteiger partial charge in [0.2, 0.25) is 0 Å². The maximum Gasteiger partial charge on any atom is 0.434 e. The van der Waals surface area contributed by atoms with Gasteiger partial charge in [-0.25, -0.2) is 0 Å². The Hall–Kier alpha value is -0.950. The molecule has 1 atom stereocenters. The predicted molar refractivity (Wildman–Crippen MR) is 64.4 cm³/mol. The lowest BCUT2D eigenvalue weighted by atomic mass is 9.80. The number of alkyl halides is 6. The lowest BCUT2D eigenvalue weighted by Crippen LogP contribution is -2.47. The summed E-state index contributed by atoms with van der Waals surface area (Å²) in [6, 6.07) is 0. The normalized spacial score (nSPS) is 15.5. The van der Waals surface area contributed by atoms with Crippen molar-refractivity contribution in [2.75, 3.05) is 0 Å². The minimum absolute atomic E-state index is 0.131. The predicted octanol–water partition coefficient (Wildman–Crippen LogP) is 4.73. The molecule has 0 fully saturated rings. The van der Waals surface area contributed by atoms with Gasteiger partial charge in [0, 0.05) is 0 Å². The number of carbonyl (C=O) groups excluding carboxylic acids is 1. The van der Waals surface area contributed by atoms with E-state index in [1.165, 1.54) is 0 Å². The number of esters is 1. The third kappa shape index (κ3) is 7.04. The molecule has 21 heavy (non-hydrogen) atoms. The minimum Gasteiger partial charge on any atom is -0.443 e. The van der Waals surface area contributed by atoms with Crippen LogP contribution in [0.15, 0.2) is 0 Å². The summed E-state index contributed by atoms with van der Waals surface area (Å²) in [4.78, 5) is 11.7. The van der Waals surface area contributed by atoms with Gasteiger partial charge in [0.1, 0.15) is 0 Å². The van der Waals surface area contributed by atoms with Crippen molar-refractivity contribution in [3.63, 3.8) is 0 Å². The van der Waals surface area contributed by atoms with Gasteiger partial charge in [0.15, 0.2) is 0 Å². The first-order valence-electron chi connectivity index (χ1n) is 6.39. The van der Waals surface area contributed by atoms with Crippen LogP contribution in [0.25, 0.3) is 0 Å². The van der Waals surface area contributed by atoms with Gasteiger partial charge >= 0.3 is 18.3 Å². The highest BCUT2D eigenvalue weighted by molar-refractivity contribution is 5.73. The summed E-state index contributed by atoms with van der Waals surface area (Å²) in [5.74, 6) is -2.93. The van der Waals surface area contributed by atoms with Crippen LogP contribution in [0.3, 0.4) is 0 Å². The zero-order valence-electron chi connectivity index (χ0n) is 12.5. The monoisotopic (exact) mass is 322 g/mol. The highest BCUT2D eigenvalue weighted by Crippen LogP contribution is 2.37. The van der Waals surface area contributed by atoms with E-state index in [-0.39, 0.29) is 6.42 Å². The highest BCUT2D eigenvalue weighted by Gasteiger charge is 2.60. The second-order valence-electron chi connectivity index (χ2n) is 6.52. The molecule has 0 aliphatic carbocycles. The first-order chi connectivity index (χ1) is 9.05. The van der Waals surface area contributed by atoms with Gasteiger partial charge in [-0.05, 0) is 17.8 Å². The summed E-state index contributed by atoms with van der Waals surface area (Å²) in [6.07, 6.45) is -15.3. The van der Waals surface area contributed by atoms with E-state index in [2.05, 4.69) is 4.74 Å². The number of halogens is 6. The van der Waals surface area contributed by atoms with Gasteiger partial charge in [0.05, 0.1) is 5.92 Å². The Kier molecular flexibility index (Phi) is 6.15. The van der Waals surface area contributed by atoms with Crippen molar-refractivity contribution in [2.24, 2.45) is 17.3 Å². The zero-order valence-corrected chi connectivity index (χ0v) is 12.5. The molecule has 0 saturated heterocycles. The molecule has 0 heterocycles. The molecule has 1 unspecified atom stereocenters. The molecule has 0 aliphatic heterocycles. The number of hydrogen-bond donors (Lipinski definition) is 0. The molecule has 0 radical (unpaired) electrons. The summed E-state index contributed by atoms with van der Waals surface area (Å²) in [5, 5.41) is 0. The highest BCUT2D eigenvalue weighted by atomic mass is 19.4. The molecule has 0 aromatic rings. The lowest BCUT2D eigenvalue weighted by Gasteiger charge is -2.30. The van der Waals surface area contributed by atoms with Crippen LogP contribution in [0.5, 0.6) is 0 Å². The fourth-order valence-corrected chi connectivity index (χ4v) is 1.77. The third-order valence-corrected chi connectivity index (χ3v) is 2.77. The molecule has 0 aliphatic rings. The Bertz CT molecular complexity index is 337. The van der Waals surface area contributed by atoms with Gasteiger partial charge in [-0.3, -0.25) is 4.79 Å².